The first-order chi connectivity index (χ1) is 14.9. The minimum Gasteiger partial charge on any atom is -0.398 e. The van der Waals surface area contributed by atoms with Crippen LogP contribution < -0.4 is 11.1 Å². The highest BCUT2D eigenvalue weighted by molar-refractivity contribution is 8.00. The molecule has 0 spiro atoms. The number of hydrogen-bond acceptors (Lipinski definition) is 10. The second-order valence-electron chi connectivity index (χ2n) is 6.80. The topological polar surface area (TPSA) is 123 Å². The Kier molecular flexibility index (Phi) is 6.12. The number of nitrogens with zero attached hydrogens (tertiary/aromatic N) is 4. The smallest absolute Gasteiger partial charge is 0.277 e. The van der Waals surface area contributed by atoms with Crippen molar-refractivity contribution in [3.05, 3.63) is 44.6 Å². The molecule has 0 aromatic carbocycles. The van der Waals surface area contributed by atoms with Gasteiger partial charge in [0.05, 0.1) is 17.4 Å². The molecule has 2 aliphatic rings. The Bertz CT molecular complexity index is 1120. The van der Waals surface area contributed by atoms with Crippen LogP contribution >= 0.6 is 34.4 Å². The molecule has 1 fully saturated rings. The number of β-lactam (4-membered cyclic amide) rings is 1. The number of aromatic nitrogens is 2. The number of carbonyl (C=O) groups excluding carboxylic acids is 2. The number of nitrogens with one attached hydrogen (secondary N) is 1. The number of thioether (sulfide) groups is 1. The fraction of sp³-hybridized carbons (Fsp3) is 0.316. The standard InChI is InChI=1S/C19H20N6O3S3/c1-9-12(30-8-22-9)5-4-11-7-29-19-15(18(27)25(19)10(11)2)23-16(26)14(24-28-3)17-21-6-13(20)31-17/h4-6,8,15,19H,7,20H2,1-3H3,(H,23,26)/b5-4-,24-14+. The number of thiazole rings is 2. The number of hydrogen-bond donors (Lipinski definition) is 2. The fourth-order valence-electron chi connectivity index (χ4n) is 3.25. The first-order valence-corrected chi connectivity index (χ1v) is 12.0. The summed E-state index contributed by atoms with van der Waals surface area (Å²) in [6.07, 6.45) is 5.51. The number of rotatable bonds is 6. The predicted molar refractivity (Wildman–Crippen MR) is 124 cm³/mol. The van der Waals surface area contributed by atoms with Crippen molar-refractivity contribution < 1.29 is 14.4 Å². The quantitative estimate of drug-likeness (QED) is 0.372. The Hall–Kier alpha value is -2.70. The number of nitrogen functional groups attached to an aromatic ring is 1. The second-order valence-corrected chi connectivity index (χ2v) is 9.85. The van der Waals surface area contributed by atoms with Gasteiger partial charge in [0, 0.05) is 16.3 Å². The van der Waals surface area contributed by atoms with E-state index in [4.69, 9.17) is 10.6 Å². The summed E-state index contributed by atoms with van der Waals surface area (Å²) in [7, 11) is 1.34. The average Bonchev–Trinajstić information content (AvgIpc) is 3.36. The van der Waals surface area contributed by atoms with Crippen molar-refractivity contribution in [2.75, 3.05) is 18.6 Å². The Morgan fingerprint density at radius 3 is 2.84 bits per heavy atom. The molecule has 0 aliphatic carbocycles. The number of anilines is 1. The van der Waals surface area contributed by atoms with Crippen LogP contribution in [-0.2, 0) is 14.4 Å². The summed E-state index contributed by atoms with van der Waals surface area (Å²) in [6.45, 7) is 3.90. The maximum absolute atomic E-state index is 12.8. The van der Waals surface area contributed by atoms with E-state index >= 15 is 0 Å². The zero-order valence-electron chi connectivity index (χ0n) is 17.0. The molecule has 12 heteroatoms. The summed E-state index contributed by atoms with van der Waals surface area (Å²) in [4.78, 5) is 41.5. The van der Waals surface area contributed by atoms with Crippen LogP contribution in [0.25, 0.3) is 6.08 Å². The fourth-order valence-corrected chi connectivity index (χ4v) is 6.05. The van der Waals surface area contributed by atoms with Crippen molar-refractivity contribution in [3.63, 3.8) is 0 Å². The van der Waals surface area contributed by atoms with Gasteiger partial charge in [-0.1, -0.05) is 22.6 Å². The van der Waals surface area contributed by atoms with Gasteiger partial charge >= 0.3 is 0 Å². The van der Waals surface area contributed by atoms with Gasteiger partial charge in [-0.2, -0.15) is 0 Å². The molecule has 2 aromatic heterocycles. The number of oxime groups is 1. The van der Waals surface area contributed by atoms with Crippen LogP contribution in [0.3, 0.4) is 0 Å². The predicted octanol–water partition coefficient (Wildman–Crippen LogP) is 2.23. The van der Waals surface area contributed by atoms with Crippen molar-refractivity contribution in [1.29, 1.82) is 0 Å². The van der Waals surface area contributed by atoms with Gasteiger partial charge in [0.15, 0.2) is 5.01 Å². The van der Waals surface area contributed by atoms with Crippen LogP contribution in [0, 0.1) is 6.92 Å². The lowest BCUT2D eigenvalue weighted by molar-refractivity contribution is -0.144. The number of aryl methyl sites for hydroxylation is 1. The highest BCUT2D eigenvalue weighted by Gasteiger charge is 2.51. The molecule has 162 valence electrons. The van der Waals surface area contributed by atoms with Gasteiger partial charge in [-0.25, -0.2) is 9.97 Å². The number of amides is 2. The Balaban J connectivity index is 1.47. The van der Waals surface area contributed by atoms with E-state index in [-0.39, 0.29) is 17.0 Å². The lowest BCUT2D eigenvalue weighted by Crippen LogP contribution is -2.70. The van der Waals surface area contributed by atoms with Crippen LogP contribution in [-0.4, -0.2) is 56.7 Å². The first-order valence-electron chi connectivity index (χ1n) is 9.27. The van der Waals surface area contributed by atoms with Crippen molar-refractivity contribution in [3.8, 4) is 0 Å². The third-order valence-electron chi connectivity index (χ3n) is 4.91. The molecule has 2 unspecified atom stereocenters. The van der Waals surface area contributed by atoms with E-state index in [9.17, 15) is 9.59 Å². The lowest BCUT2D eigenvalue weighted by atomic mass is 10.0. The average molecular weight is 477 g/mol. The van der Waals surface area contributed by atoms with Gasteiger partial charge in [-0.15, -0.1) is 23.1 Å². The van der Waals surface area contributed by atoms with E-state index in [1.54, 1.807) is 28.0 Å². The molecule has 0 saturated carbocycles. The molecule has 2 atom stereocenters. The van der Waals surface area contributed by atoms with Gasteiger partial charge in [-0.05, 0) is 25.5 Å². The largest absolute Gasteiger partial charge is 0.398 e. The maximum atomic E-state index is 12.8. The molecule has 3 N–H and O–H groups in total. The van der Waals surface area contributed by atoms with Crippen LogP contribution in [0.4, 0.5) is 5.00 Å². The van der Waals surface area contributed by atoms with Crippen molar-refractivity contribution in [2.24, 2.45) is 5.16 Å². The third kappa shape index (κ3) is 4.10. The molecular weight excluding hydrogens is 456 g/mol. The number of nitrogens with two attached hydrogens (primary N) is 1. The normalized spacial score (nSPS) is 21.3. The van der Waals surface area contributed by atoms with Crippen LogP contribution in [0.15, 0.2) is 34.2 Å². The zero-order chi connectivity index (χ0) is 22.1. The number of allylic oxidation sites excluding steroid dienone is 2. The monoisotopic (exact) mass is 476 g/mol. The molecule has 4 heterocycles. The second kappa shape index (κ2) is 8.81. The Morgan fingerprint density at radius 1 is 1.39 bits per heavy atom. The summed E-state index contributed by atoms with van der Waals surface area (Å²) in [6, 6.07) is -0.638. The van der Waals surface area contributed by atoms with Crippen LogP contribution in [0.1, 0.15) is 22.5 Å². The zero-order valence-corrected chi connectivity index (χ0v) is 19.4. The van der Waals surface area contributed by atoms with Crippen molar-refractivity contribution >= 4 is 63.0 Å². The highest BCUT2D eigenvalue weighted by Crippen LogP contribution is 2.40. The summed E-state index contributed by atoms with van der Waals surface area (Å²) in [5, 5.41) is 7.17. The van der Waals surface area contributed by atoms with E-state index in [1.165, 1.54) is 13.3 Å². The van der Waals surface area contributed by atoms with Gasteiger partial charge in [0.1, 0.15) is 23.5 Å². The summed E-state index contributed by atoms with van der Waals surface area (Å²) in [5.74, 6) is 0.0596. The molecular formula is C19H20N6O3S3. The Labute approximate surface area is 191 Å². The molecule has 2 aromatic rings. The van der Waals surface area contributed by atoms with E-state index in [1.807, 2.05) is 31.5 Å². The lowest BCUT2D eigenvalue weighted by Gasteiger charge is -2.49. The third-order valence-corrected chi connectivity index (χ3v) is 7.94. The van der Waals surface area contributed by atoms with E-state index < -0.39 is 11.9 Å². The molecule has 31 heavy (non-hydrogen) atoms. The van der Waals surface area contributed by atoms with Crippen molar-refractivity contribution in [2.45, 2.75) is 25.3 Å². The SMILES string of the molecule is CO/N=C(\C(=O)NC1C(=O)N2C(C)=C(/C=C\c3scnc3C)CSC12)c1ncc(N)s1. The molecule has 1 saturated heterocycles. The van der Waals surface area contributed by atoms with Crippen LogP contribution in [0.5, 0.6) is 0 Å². The highest BCUT2D eigenvalue weighted by atomic mass is 32.2. The summed E-state index contributed by atoms with van der Waals surface area (Å²) >= 11 is 4.31. The Morgan fingerprint density at radius 2 is 2.19 bits per heavy atom. The van der Waals surface area contributed by atoms with E-state index in [2.05, 4.69) is 20.4 Å². The molecule has 2 aliphatic heterocycles. The van der Waals surface area contributed by atoms with Gasteiger partial charge in [0.25, 0.3) is 11.8 Å². The molecule has 2 amide bonds. The van der Waals surface area contributed by atoms with Gasteiger partial charge in [0.2, 0.25) is 5.71 Å². The van der Waals surface area contributed by atoms with Gasteiger partial charge < -0.3 is 15.9 Å². The molecule has 0 bridgehead atoms. The van der Waals surface area contributed by atoms with E-state index in [0.29, 0.717) is 10.0 Å². The molecule has 4 rings (SSSR count). The minimum absolute atomic E-state index is 0.00734. The number of carbonyl (C=O) groups is 2. The summed E-state index contributed by atoms with van der Waals surface area (Å²) < 4.78 is 0. The maximum Gasteiger partial charge on any atom is 0.277 e. The van der Waals surface area contributed by atoms with Crippen molar-refractivity contribution in [1.82, 2.24) is 20.2 Å². The molecule has 9 nitrogen and oxygen atoms in total. The molecule has 0 radical (unpaired) electrons. The van der Waals surface area contributed by atoms with E-state index in [0.717, 1.165) is 38.9 Å². The van der Waals surface area contributed by atoms with Gasteiger partial charge in [-0.3, -0.25) is 14.5 Å². The minimum atomic E-state index is -0.638. The number of fused-ring (bicyclic) bond motifs is 1. The summed E-state index contributed by atoms with van der Waals surface area (Å²) in [5.41, 5.74) is 10.5. The first kappa shape index (κ1) is 21.5. The van der Waals surface area contributed by atoms with Crippen LogP contribution in [0.2, 0.25) is 0 Å².